The van der Waals surface area contributed by atoms with E-state index in [0.717, 1.165) is 0 Å². The van der Waals surface area contributed by atoms with E-state index in [2.05, 4.69) is 133 Å². The predicted octanol–water partition coefficient (Wildman–Crippen LogP) is 8.90. The van der Waals surface area contributed by atoms with Crippen LogP contribution in [0.25, 0.3) is 0 Å². The first-order chi connectivity index (χ1) is 16.6. The van der Waals surface area contributed by atoms with E-state index in [0.29, 0.717) is 0 Å². The molecule has 2 unspecified atom stereocenters. The molecular formula is C32H32N2. The van der Waals surface area contributed by atoms with Crippen molar-refractivity contribution in [1.29, 1.82) is 0 Å². The molecule has 4 aromatic carbocycles. The maximum atomic E-state index is 2.65. The zero-order chi connectivity index (χ0) is 23.2. The van der Waals surface area contributed by atoms with Crippen LogP contribution in [0.1, 0.15) is 45.1 Å². The third-order valence-corrected chi connectivity index (χ3v) is 8.39. The van der Waals surface area contributed by atoms with Gasteiger partial charge in [0, 0.05) is 33.9 Å². The van der Waals surface area contributed by atoms with Crippen LogP contribution in [0.4, 0.5) is 28.4 Å². The van der Waals surface area contributed by atoms with Crippen molar-refractivity contribution >= 4 is 28.4 Å². The molecule has 0 amide bonds. The second kappa shape index (κ2) is 8.06. The third kappa shape index (κ3) is 3.09. The molecule has 4 aromatic rings. The van der Waals surface area contributed by atoms with Gasteiger partial charge in [-0.1, -0.05) is 80.4 Å². The first kappa shape index (κ1) is 21.0. The van der Waals surface area contributed by atoms with Crippen LogP contribution in [0.15, 0.2) is 109 Å². The van der Waals surface area contributed by atoms with Crippen molar-refractivity contribution < 1.29 is 0 Å². The van der Waals surface area contributed by atoms with Gasteiger partial charge in [-0.3, -0.25) is 0 Å². The molecule has 2 heteroatoms. The Morgan fingerprint density at radius 1 is 0.618 bits per heavy atom. The molecule has 6 rings (SSSR count). The van der Waals surface area contributed by atoms with Crippen LogP contribution in [0.5, 0.6) is 0 Å². The molecule has 1 saturated carbocycles. The van der Waals surface area contributed by atoms with Crippen LogP contribution in [-0.2, 0) is 5.41 Å². The molecule has 1 aliphatic heterocycles. The minimum Gasteiger partial charge on any atom is -0.334 e. The van der Waals surface area contributed by atoms with E-state index in [-0.39, 0.29) is 11.0 Å². The van der Waals surface area contributed by atoms with E-state index in [4.69, 9.17) is 0 Å². The van der Waals surface area contributed by atoms with Crippen molar-refractivity contribution in [3.63, 3.8) is 0 Å². The maximum absolute atomic E-state index is 2.65. The molecule has 170 valence electrons. The largest absolute Gasteiger partial charge is 0.334 e. The normalized spacial score (nSPS) is 23.3. The fourth-order valence-corrected chi connectivity index (χ4v) is 6.47. The number of para-hydroxylation sites is 3. The van der Waals surface area contributed by atoms with Crippen LogP contribution < -0.4 is 9.80 Å². The summed E-state index contributed by atoms with van der Waals surface area (Å²) in [6.45, 7) is 4.99. The van der Waals surface area contributed by atoms with Crippen molar-refractivity contribution in [3.8, 4) is 0 Å². The summed E-state index contributed by atoms with van der Waals surface area (Å²) in [5.41, 5.74) is 7.90. The summed E-state index contributed by atoms with van der Waals surface area (Å²) in [6, 6.07) is 39.6. The van der Waals surface area contributed by atoms with Crippen LogP contribution in [0, 0.1) is 0 Å². The summed E-state index contributed by atoms with van der Waals surface area (Å²) < 4.78 is 0. The number of hydrogen-bond acceptors (Lipinski definition) is 2. The number of benzene rings is 4. The van der Waals surface area contributed by atoms with Crippen molar-refractivity contribution in [3.05, 3.63) is 115 Å². The van der Waals surface area contributed by atoms with E-state index >= 15 is 0 Å². The summed E-state index contributed by atoms with van der Waals surface area (Å²) in [5, 5.41) is 0. The van der Waals surface area contributed by atoms with E-state index < -0.39 is 0 Å². The highest BCUT2D eigenvalue weighted by atomic mass is 15.3. The third-order valence-electron chi connectivity index (χ3n) is 8.39. The van der Waals surface area contributed by atoms with Gasteiger partial charge in [0.15, 0.2) is 0 Å². The van der Waals surface area contributed by atoms with Crippen molar-refractivity contribution in [2.45, 2.75) is 50.5 Å². The molecule has 1 aliphatic carbocycles. The lowest BCUT2D eigenvalue weighted by Crippen LogP contribution is -2.54. The first-order valence-electron chi connectivity index (χ1n) is 12.5. The molecule has 0 bridgehead atoms. The molecule has 0 radical (unpaired) electrons. The number of fused-ring (bicyclic) bond motifs is 3. The second-order valence-electron chi connectivity index (χ2n) is 10.2. The standard InChI is InChI=1S/C32H32N2/c1-31-22-11-12-23-32(31,2)34(30-21-10-9-20-29(30)31)28-19-13-18-27(24-28)33(25-14-5-3-6-15-25)26-16-7-4-8-17-26/h3-10,13-21,24H,11-12,22-23H2,1-2H3. The van der Waals surface area contributed by atoms with E-state index in [1.165, 1.54) is 59.7 Å². The van der Waals surface area contributed by atoms with Crippen molar-refractivity contribution in [1.82, 2.24) is 0 Å². The molecule has 1 fully saturated rings. The molecule has 0 N–H and O–H groups in total. The second-order valence-corrected chi connectivity index (χ2v) is 10.2. The number of rotatable bonds is 4. The highest BCUT2D eigenvalue weighted by Crippen LogP contribution is 2.60. The van der Waals surface area contributed by atoms with Gasteiger partial charge < -0.3 is 9.80 Å². The Morgan fingerprint density at radius 2 is 1.21 bits per heavy atom. The SMILES string of the molecule is CC12CCCCC1(C)N(c1cccc(N(c3ccccc3)c3ccccc3)c1)c1ccccc12. The topological polar surface area (TPSA) is 6.48 Å². The Hall–Kier alpha value is -3.52. The van der Waals surface area contributed by atoms with Gasteiger partial charge in [0.25, 0.3) is 0 Å². The fourth-order valence-electron chi connectivity index (χ4n) is 6.47. The molecule has 0 aromatic heterocycles. The Labute approximate surface area is 203 Å². The van der Waals surface area contributed by atoms with Crippen LogP contribution in [0.3, 0.4) is 0 Å². The maximum Gasteiger partial charge on any atom is 0.0517 e. The summed E-state index contributed by atoms with van der Waals surface area (Å²) >= 11 is 0. The fraction of sp³-hybridized carbons (Fsp3) is 0.250. The predicted molar refractivity (Wildman–Crippen MR) is 144 cm³/mol. The highest BCUT2D eigenvalue weighted by Gasteiger charge is 2.57. The van der Waals surface area contributed by atoms with E-state index in [1.807, 2.05) is 0 Å². The summed E-state index contributed by atoms with van der Waals surface area (Å²) in [4.78, 5) is 5.01. The molecule has 1 heterocycles. The average Bonchev–Trinajstić information content (AvgIpc) is 3.09. The number of hydrogen-bond donors (Lipinski definition) is 0. The highest BCUT2D eigenvalue weighted by molar-refractivity contribution is 5.82. The monoisotopic (exact) mass is 444 g/mol. The van der Waals surface area contributed by atoms with Gasteiger partial charge in [-0.2, -0.15) is 0 Å². The molecule has 0 spiro atoms. The van der Waals surface area contributed by atoms with Gasteiger partial charge in [0.2, 0.25) is 0 Å². The molecule has 0 saturated heterocycles. The van der Waals surface area contributed by atoms with Crippen LogP contribution in [-0.4, -0.2) is 5.54 Å². The Bertz CT molecular complexity index is 1260. The quantitative estimate of drug-likeness (QED) is 0.310. The van der Waals surface area contributed by atoms with Gasteiger partial charge in [-0.25, -0.2) is 0 Å². The van der Waals surface area contributed by atoms with Crippen LogP contribution >= 0.6 is 0 Å². The van der Waals surface area contributed by atoms with Gasteiger partial charge in [0.1, 0.15) is 0 Å². The van der Waals surface area contributed by atoms with Gasteiger partial charge in [0.05, 0.1) is 5.54 Å². The lowest BCUT2D eigenvalue weighted by Gasteiger charge is -2.50. The molecule has 34 heavy (non-hydrogen) atoms. The smallest absolute Gasteiger partial charge is 0.0517 e. The Balaban J connectivity index is 1.51. The van der Waals surface area contributed by atoms with Gasteiger partial charge in [-0.15, -0.1) is 0 Å². The molecule has 2 aliphatic rings. The minimum atomic E-state index is 0.0673. The summed E-state index contributed by atoms with van der Waals surface area (Å²) in [5.74, 6) is 0. The minimum absolute atomic E-state index is 0.0673. The Kier molecular flexibility index (Phi) is 4.99. The average molecular weight is 445 g/mol. The van der Waals surface area contributed by atoms with Crippen molar-refractivity contribution in [2.75, 3.05) is 9.80 Å². The lowest BCUT2D eigenvalue weighted by molar-refractivity contribution is 0.195. The molecular weight excluding hydrogens is 412 g/mol. The molecule has 2 atom stereocenters. The van der Waals surface area contributed by atoms with E-state index in [1.54, 1.807) is 0 Å². The van der Waals surface area contributed by atoms with Crippen LogP contribution in [0.2, 0.25) is 0 Å². The number of nitrogens with zero attached hydrogens (tertiary/aromatic N) is 2. The zero-order valence-corrected chi connectivity index (χ0v) is 20.1. The van der Waals surface area contributed by atoms with E-state index in [9.17, 15) is 0 Å². The lowest BCUT2D eigenvalue weighted by atomic mass is 9.61. The zero-order valence-electron chi connectivity index (χ0n) is 20.1. The van der Waals surface area contributed by atoms with Gasteiger partial charge >= 0.3 is 0 Å². The summed E-state index contributed by atoms with van der Waals surface area (Å²) in [6.07, 6.45) is 5.06. The molecule has 2 nitrogen and oxygen atoms in total. The van der Waals surface area contributed by atoms with Gasteiger partial charge in [-0.05, 0) is 73.9 Å². The summed E-state index contributed by atoms with van der Waals surface area (Å²) in [7, 11) is 0. The number of anilines is 5. The first-order valence-corrected chi connectivity index (χ1v) is 12.5. The Morgan fingerprint density at radius 3 is 1.91 bits per heavy atom. The van der Waals surface area contributed by atoms with Crippen molar-refractivity contribution in [2.24, 2.45) is 0 Å².